The van der Waals surface area contributed by atoms with Gasteiger partial charge in [-0.25, -0.2) is 9.97 Å². The van der Waals surface area contributed by atoms with E-state index < -0.39 is 0 Å². The summed E-state index contributed by atoms with van der Waals surface area (Å²) in [5, 5.41) is 11.4. The Balaban J connectivity index is 2.10. The molecule has 124 valence electrons. The monoisotopic (exact) mass is 333 g/mol. The van der Waals surface area contributed by atoms with Crippen LogP contribution in [0.2, 0.25) is 0 Å². The van der Waals surface area contributed by atoms with Gasteiger partial charge < -0.3 is 20.4 Å². The van der Waals surface area contributed by atoms with Crippen LogP contribution in [0.4, 0.5) is 17.5 Å². The first kappa shape index (κ1) is 16.2. The molecule has 0 bridgehead atoms. The second kappa shape index (κ2) is 6.85. The van der Waals surface area contributed by atoms with Crippen LogP contribution in [0, 0.1) is 0 Å². The van der Waals surface area contributed by atoms with E-state index in [4.69, 9.17) is 10.7 Å². The number of aromatic nitrogens is 2. The first-order chi connectivity index (χ1) is 11.1. The van der Waals surface area contributed by atoms with Gasteiger partial charge in [0.15, 0.2) is 0 Å². The van der Waals surface area contributed by atoms with Gasteiger partial charge in [-0.15, -0.1) is 0 Å². The molecule has 3 heterocycles. The Bertz CT molecular complexity index is 695. The molecule has 0 saturated carbocycles. The number of pyridine rings is 2. The number of nitrogens with two attached hydrogens (primary N) is 1. The topological polar surface area (TPSA) is 78.5 Å². The molecule has 0 aromatic carbocycles. The Labute approximate surface area is 138 Å². The third-order valence-corrected chi connectivity index (χ3v) is 5.37. The molecule has 2 atom stereocenters. The molecule has 0 radical (unpaired) electrons. The summed E-state index contributed by atoms with van der Waals surface area (Å²) in [6.45, 7) is 3.34. The molecule has 1 aliphatic rings. The molecule has 1 fully saturated rings. The summed E-state index contributed by atoms with van der Waals surface area (Å²) in [6.07, 6.45) is 4.85. The summed E-state index contributed by atoms with van der Waals surface area (Å²) < 4.78 is 2.15. The molecule has 7 heteroatoms. The molecule has 3 rings (SSSR count). The zero-order valence-electron chi connectivity index (χ0n) is 13.7. The lowest BCUT2D eigenvalue weighted by atomic mass is 10.1. The van der Waals surface area contributed by atoms with Crippen molar-refractivity contribution in [2.45, 2.75) is 25.3 Å². The zero-order valence-corrected chi connectivity index (χ0v) is 14.7. The Morgan fingerprint density at radius 1 is 1.48 bits per heavy atom. The van der Waals surface area contributed by atoms with E-state index in [0.717, 1.165) is 48.2 Å². The zero-order chi connectivity index (χ0) is 16.4. The lowest BCUT2D eigenvalue weighted by Crippen LogP contribution is -2.31. The lowest BCUT2D eigenvalue weighted by Gasteiger charge is -2.27. The van der Waals surface area contributed by atoms with Crippen molar-refractivity contribution < 1.29 is 5.11 Å². The second-order valence-corrected chi connectivity index (χ2v) is 7.04. The number of rotatable bonds is 5. The molecule has 2 aromatic heterocycles. The van der Waals surface area contributed by atoms with Crippen molar-refractivity contribution in [3.8, 4) is 0 Å². The number of nitrogen functional groups attached to an aromatic ring is 1. The van der Waals surface area contributed by atoms with E-state index in [2.05, 4.69) is 34.3 Å². The van der Waals surface area contributed by atoms with E-state index >= 15 is 0 Å². The minimum Gasteiger partial charge on any atom is -0.396 e. The first-order valence-corrected chi connectivity index (χ1v) is 9.43. The van der Waals surface area contributed by atoms with Crippen LogP contribution in [-0.4, -0.2) is 48.0 Å². The normalized spacial score (nSPS) is 18.4. The van der Waals surface area contributed by atoms with Crippen LogP contribution >= 0.6 is 8.73 Å². The maximum Gasteiger partial charge on any atom is 0.143 e. The number of hydrogen-bond acceptors (Lipinski definition) is 6. The average Bonchev–Trinajstić information content (AvgIpc) is 3.01. The third kappa shape index (κ3) is 3.19. The van der Waals surface area contributed by atoms with Crippen molar-refractivity contribution in [1.29, 1.82) is 0 Å². The molecule has 23 heavy (non-hydrogen) atoms. The average molecular weight is 333 g/mol. The fourth-order valence-electron chi connectivity index (χ4n) is 3.23. The van der Waals surface area contributed by atoms with Gasteiger partial charge in [-0.1, -0.05) is 0 Å². The van der Waals surface area contributed by atoms with Crippen molar-refractivity contribution in [2.75, 3.05) is 42.2 Å². The molecule has 0 spiro atoms. The smallest absolute Gasteiger partial charge is 0.143 e. The summed E-state index contributed by atoms with van der Waals surface area (Å²) in [5.74, 6) is 2.44. The summed E-state index contributed by atoms with van der Waals surface area (Å²) in [7, 11) is 2.68. The number of anilines is 3. The third-order valence-electron chi connectivity index (χ3n) is 4.49. The van der Waals surface area contributed by atoms with Gasteiger partial charge in [-0.05, 0) is 52.2 Å². The molecular formula is C16H24N5OP. The highest BCUT2D eigenvalue weighted by Crippen LogP contribution is 2.35. The van der Waals surface area contributed by atoms with Crippen LogP contribution < -0.4 is 15.3 Å². The summed E-state index contributed by atoms with van der Waals surface area (Å²) in [5.41, 5.74) is 5.87. The minimum absolute atomic E-state index is 0.217. The Morgan fingerprint density at radius 3 is 3.04 bits per heavy atom. The van der Waals surface area contributed by atoms with Crippen molar-refractivity contribution >= 4 is 37.0 Å². The fourth-order valence-corrected chi connectivity index (χ4v) is 3.61. The van der Waals surface area contributed by atoms with Gasteiger partial charge in [0.25, 0.3) is 0 Å². The van der Waals surface area contributed by atoms with Gasteiger partial charge in [0.05, 0.1) is 0 Å². The van der Waals surface area contributed by atoms with E-state index in [1.54, 1.807) is 0 Å². The van der Waals surface area contributed by atoms with Crippen LogP contribution in [0.25, 0.3) is 10.8 Å². The van der Waals surface area contributed by atoms with Gasteiger partial charge in [-0.3, -0.25) is 0 Å². The summed E-state index contributed by atoms with van der Waals surface area (Å²) >= 11 is 0. The molecule has 1 aliphatic heterocycles. The molecule has 2 aromatic rings. The molecule has 2 unspecified atom stereocenters. The number of fused-ring (bicyclic) bond motifs is 1. The van der Waals surface area contributed by atoms with Crippen LogP contribution in [0.15, 0.2) is 18.3 Å². The number of hydrogen-bond donors (Lipinski definition) is 2. The van der Waals surface area contributed by atoms with Crippen molar-refractivity contribution in [2.24, 2.45) is 0 Å². The van der Waals surface area contributed by atoms with E-state index in [1.165, 1.54) is 0 Å². The quantitative estimate of drug-likeness (QED) is 0.817. The van der Waals surface area contributed by atoms with E-state index in [9.17, 15) is 5.11 Å². The predicted octanol–water partition coefficient (Wildman–Crippen LogP) is 2.22. The highest BCUT2D eigenvalue weighted by molar-refractivity contribution is 7.39. The van der Waals surface area contributed by atoms with E-state index in [1.807, 2.05) is 12.3 Å². The first-order valence-electron chi connectivity index (χ1n) is 7.99. The van der Waals surface area contributed by atoms with E-state index in [-0.39, 0.29) is 6.61 Å². The molecule has 1 saturated heterocycles. The van der Waals surface area contributed by atoms with Gasteiger partial charge in [0, 0.05) is 37.8 Å². The van der Waals surface area contributed by atoms with Crippen LogP contribution in [0.3, 0.4) is 0 Å². The highest BCUT2D eigenvalue weighted by Gasteiger charge is 2.26. The lowest BCUT2D eigenvalue weighted by molar-refractivity contribution is 0.275. The minimum atomic E-state index is 0.217. The Hall–Kier alpha value is -1.65. The van der Waals surface area contributed by atoms with Gasteiger partial charge >= 0.3 is 0 Å². The van der Waals surface area contributed by atoms with Gasteiger partial charge in [0.1, 0.15) is 17.5 Å². The molecule has 0 amide bonds. The predicted molar refractivity (Wildman–Crippen MR) is 98.7 cm³/mol. The summed E-state index contributed by atoms with van der Waals surface area (Å²) in [6, 6.07) is 4.37. The number of nitrogens with zero attached hydrogens (tertiary/aromatic N) is 4. The molecule has 6 nitrogen and oxygen atoms in total. The molecular weight excluding hydrogens is 309 g/mol. The van der Waals surface area contributed by atoms with Crippen LogP contribution in [0.1, 0.15) is 19.3 Å². The second-order valence-electron chi connectivity index (χ2n) is 5.92. The largest absolute Gasteiger partial charge is 0.396 e. The highest BCUT2D eigenvalue weighted by atomic mass is 31.1. The van der Waals surface area contributed by atoms with E-state index in [0.29, 0.717) is 20.6 Å². The number of aliphatic hydroxyl groups excluding tert-OH is 1. The van der Waals surface area contributed by atoms with Crippen LogP contribution in [-0.2, 0) is 0 Å². The van der Waals surface area contributed by atoms with Gasteiger partial charge in [-0.2, -0.15) is 0 Å². The maximum atomic E-state index is 9.30. The summed E-state index contributed by atoms with van der Waals surface area (Å²) in [4.78, 5) is 11.5. The SMILES string of the molecule is CPN(C)c1nc(N2CCCC2CCO)cc2cc(N)ncc12. The van der Waals surface area contributed by atoms with Crippen molar-refractivity contribution in [3.63, 3.8) is 0 Å². The van der Waals surface area contributed by atoms with Crippen molar-refractivity contribution in [1.82, 2.24) is 9.97 Å². The van der Waals surface area contributed by atoms with Crippen LogP contribution in [0.5, 0.6) is 0 Å². The Kier molecular flexibility index (Phi) is 4.83. The van der Waals surface area contributed by atoms with Crippen molar-refractivity contribution in [3.05, 3.63) is 18.3 Å². The standard InChI is InChI=1S/C16H24N5OP/c1-20(23-2)16-13-10-18-14(17)8-11(13)9-15(19-16)21-6-3-4-12(21)5-7-22/h8-10,12,22-23H,3-7H2,1-2H3,(H2,17,18). The molecule has 3 N–H and O–H groups in total. The fraction of sp³-hybridized carbons (Fsp3) is 0.500. The Morgan fingerprint density at radius 2 is 2.30 bits per heavy atom. The maximum absolute atomic E-state index is 9.30. The van der Waals surface area contributed by atoms with Gasteiger partial charge in [0.2, 0.25) is 0 Å². The molecule has 0 aliphatic carbocycles. The number of aliphatic hydroxyl groups is 1.